The molecule has 0 aliphatic heterocycles. The van der Waals surface area contributed by atoms with E-state index < -0.39 is 11.9 Å². The Kier molecular flexibility index (Phi) is 16.9. The van der Waals surface area contributed by atoms with Crippen LogP contribution < -0.4 is 0 Å². The van der Waals surface area contributed by atoms with Crippen LogP contribution in [0.5, 0.6) is 0 Å². The zero-order chi connectivity index (χ0) is 15.2. The van der Waals surface area contributed by atoms with Crippen molar-refractivity contribution >= 4 is 47.6 Å². The number of esters is 1. The molecule has 0 saturated carbocycles. The summed E-state index contributed by atoms with van der Waals surface area (Å²) in [5.74, 6) is -1.49. The van der Waals surface area contributed by atoms with Gasteiger partial charge in [0.05, 0.1) is 19.4 Å². The highest BCUT2D eigenvalue weighted by Crippen LogP contribution is 2.00. The SMILES string of the molecule is C.CP[B]I.O=C(O)CCC(=O)OCCc1ccccn1. The highest BCUT2D eigenvalue weighted by atomic mass is 127. The summed E-state index contributed by atoms with van der Waals surface area (Å²) in [6, 6.07) is 5.50. The Morgan fingerprint density at radius 2 is 2.10 bits per heavy atom. The van der Waals surface area contributed by atoms with E-state index in [9.17, 15) is 9.59 Å². The van der Waals surface area contributed by atoms with Gasteiger partial charge in [-0.25, -0.2) is 0 Å². The standard InChI is InChI=1S/C11H13NO4.CH4BIP.CH4/c13-10(14)4-5-11(15)16-8-6-9-3-1-2-7-12-9;1-4-2-3;/h1-3,7H,4-6,8H2,(H,13,14);4H,1H3;1H4. The molecule has 1 aromatic rings. The Labute approximate surface area is 142 Å². The molecule has 1 radical (unpaired) electrons. The lowest BCUT2D eigenvalue weighted by atomic mass is 10.3. The number of hydrogen-bond acceptors (Lipinski definition) is 4. The maximum absolute atomic E-state index is 11.0. The predicted octanol–water partition coefficient (Wildman–Crippen LogP) is 2.93. The van der Waals surface area contributed by atoms with E-state index in [0.29, 0.717) is 6.42 Å². The highest BCUT2D eigenvalue weighted by molar-refractivity contribution is 14.1. The second-order valence-electron chi connectivity index (χ2n) is 3.58. The van der Waals surface area contributed by atoms with Crippen LogP contribution in [0.1, 0.15) is 26.0 Å². The number of nitrogens with zero attached hydrogens (tertiary/aromatic N) is 1. The van der Waals surface area contributed by atoms with E-state index in [1.807, 2.05) is 18.2 Å². The number of carboxylic acids is 1. The number of carbonyl (C=O) groups is 2. The largest absolute Gasteiger partial charge is 0.481 e. The van der Waals surface area contributed by atoms with Crippen LogP contribution in [0.3, 0.4) is 0 Å². The van der Waals surface area contributed by atoms with Crippen molar-refractivity contribution in [2.24, 2.45) is 0 Å². The molecule has 0 fully saturated rings. The molecule has 0 aliphatic rings. The molecule has 0 amide bonds. The summed E-state index contributed by atoms with van der Waals surface area (Å²) >= 11 is 2.24. The lowest BCUT2D eigenvalue weighted by Gasteiger charge is -2.03. The first-order chi connectivity index (χ1) is 9.60. The number of ether oxygens (including phenoxy) is 1. The van der Waals surface area contributed by atoms with Crippen LogP contribution in [0.15, 0.2) is 24.4 Å². The Bertz CT molecular complexity index is 393. The Morgan fingerprint density at radius 3 is 2.57 bits per heavy atom. The van der Waals surface area contributed by atoms with Gasteiger partial charge in [-0.2, -0.15) is 30.8 Å². The van der Waals surface area contributed by atoms with Crippen LogP contribution >= 0.6 is 30.8 Å². The molecule has 0 aliphatic carbocycles. The molecular formula is C13H21BINO4P. The Balaban J connectivity index is 0. The van der Waals surface area contributed by atoms with Crippen molar-refractivity contribution in [3.8, 4) is 0 Å². The molecule has 1 heterocycles. The molecule has 8 heteroatoms. The van der Waals surface area contributed by atoms with Gasteiger partial charge in [0.25, 0.3) is 0 Å². The van der Waals surface area contributed by atoms with Crippen LogP contribution in [-0.4, -0.2) is 40.2 Å². The van der Waals surface area contributed by atoms with E-state index in [4.69, 9.17) is 9.84 Å². The topological polar surface area (TPSA) is 76.5 Å². The summed E-state index contributed by atoms with van der Waals surface area (Å²) in [7, 11) is 1.00. The van der Waals surface area contributed by atoms with E-state index in [0.717, 1.165) is 14.2 Å². The number of carboxylic acid groups (broad SMARTS) is 1. The molecule has 1 aromatic heterocycles. The summed E-state index contributed by atoms with van der Waals surface area (Å²) in [5.41, 5.74) is 0.841. The van der Waals surface area contributed by atoms with Gasteiger partial charge < -0.3 is 9.84 Å². The van der Waals surface area contributed by atoms with Gasteiger partial charge in [0.15, 0.2) is 0 Å². The minimum Gasteiger partial charge on any atom is -0.481 e. The Morgan fingerprint density at radius 1 is 1.43 bits per heavy atom. The minimum atomic E-state index is -0.998. The third kappa shape index (κ3) is 15.5. The van der Waals surface area contributed by atoms with Crippen molar-refractivity contribution in [1.82, 2.24) is 4.98 Å². The fraction of sp³-hybridized carbons (Fsp3) is 0.462. The number of hydrogen-bond donors (Lipinski definition) is 1. The number of pyridine rings is 1. The van der Waals surface area contributed by atoms with Crippen molar-refractivity contribution in [3.05, 3.63) is 30.1 Å². The average Bonchev–Trinajstić information content (AvgIpc) is 2.46. The van der Waals surface area contributed by atoms with Crippen LogP contribution in [0.4, 0.5) is 0 Å². The maximum Gasteiger partial charge on any atom is 0.306 e. The number of rotatable bonds is 7. The summed E-state index contributed by atoms with van der Waals surface area (Å²) in [6.45, 7) is 2.38. The highest BCUT2D eigenvalue weighted by Gasteiger charge is 2.06. The third-order valence-electron chi connectivity index (χ3n) is 2.00. The fourth-order valence-electron chi connectivity index (χ4n) is 1.10. The van der Waals surface area contributed by atoms with Crippen LogP contribution in [0, 0.1) is 0 Å². The first-order valence-electron chi connectivity index (χ1n) is 5.96. The smallest absolute Gasteiger partial charge is 0.306 e. The van der Waals surface area contributed by atoms with Crippen molar-refractivity contribution < 1.29 is 19.4 Å². The van der Waals surface area contributed by atoms with Crippen molar-refractivity contribution in [1.29, 1.82) is 0 Å². The molecule has 1 N–H and O–H groups in total. The maximum atomic E-state index is 11.0. The molecule has 1 atom stereocenters. The van der Waals surface area contributed by atoms with Crippen LogP contribution in [0.25, 0.3) is 0 Å². The molecule has 0 bridgehead atoms. The van der Waals surface area contributed by atoms with Gasteiger partial charge in [0.2, 0.25) is 4.86 Å². The fourth-order valence-corrected chi connectivity index (χ4v) is 1.10. The zero-order valence-corrected chi connectivity index (χ0v) is 14.4. The van der Waals surface area contributed by atoms with E-state index in [2.05, 4.69) is 38.9 Å². The van der Waals surface area contributed by atoms with Gasteiger partial charge in [-0.3, -0.25) is 14.6 Å². The number of halogens is 1. The predicted molar refractivity (Wildman–Crippen MR) is 96.5 cm³/mol. The van der Waals surface area contributed by atoms with Crippen molar-refractivity contribution in [3.63, 3.8) is 0 Å². The molecule has 117 valence electrons. The Hall–Kier alpha value is -0.685. The summed E-state index contributed by atoms with van der Waals surface area (Å²) in [4.78, 5) is 27.4. The molecular weight excluding hydrogens is 403 g/mol. The summed E-state index contributed by atoms with van der Waals surface area (Å²) < 4.78 is 4.85. The summed E-state index contributed by atoms with van der Waals surface area (Å²) in [5, 5.41) is 8.35. The van der Waals surface area contributed by atoms with E-state index in [1.54, 1.807) is 6.20 Å². The van der Waals surface area contributed by atoms with Crippen molar-refractivity contribution in [2.75, 3.05) is 13.3 Å². The second kappa shape index (κ2) is 15.7. The minimum absolute atomic E-state index is 0. The molecule has 0 saturated heterocycles. The molecule has 5 nitrogen and oxygen atoms in total. The van der Waals surface area contributed by atoms with Gasteiger partial charge >= 0.3 is 11.9 Å². The van der Waals surface area contributed by atoms with Gasteiger partial charge in [0, 0.05) is 18.3 Å². The molecule has 21 heavy (non-hydrogen) atoms. The van der Waals surface area contributed by atoms with Crippen molar-refractivity contribution in [2.45, 2.75) is 26.7 Å². The van der Waals surface area contributed by atoms with Crippen LogP contribution in [0.2, 0.25) is 0 Å². The average molecular weight is 424 g/mol. The number of aromatic nitrogens is 1. The molecule has 1 rings (SSSR count). The van der Waals surface area contributed by atoms with E-state index >= 15 is 0 Å². The lowest BCUT2D eigenvalue weighted by Crippen LogP contribution is -2.10. The quantitative estimate of drug-likeness (QED) is 0.316. The second-order valence-corrected chi connectivity index (χ2v) is 6.25. The first-order valence-corrected chi connectivity index (χ1v) is 8.79. The molecule has 0 aromatic carbocycles. The van der Waals surface area contributed by atoms with Crippen LogP contribution in [-0.2, 0) is 20.7 Å². The first kappa shape index (κ1) is 22.6. The third-order valence-corrected chi connectivity index (χ3v) is 4.09. The van der Waals surface area contributed by atoms with Gasteiger partial charge in [-0.15, -0.1) is 0 Å². The number of aliphatic carboxylic acids is 1. The molecule has 0 spiro atoms. The number of carbonyl (C=O) groups excluding carboxylic acids is 1. The van der Waals surface area contributed by atoms with Gasteiger partial charge in [-0.1, -0.05) is 20.2 Å². The van der Waals surface area contributed by atoms with Gasteiger partial charge in [-0.05, 0) is 12.1 Å². The zero-order valence-electron chi connectivity index (χ0n) is 11.2. The monoisotopic (exact) mass is 424 g/mol. The van der Waals surface area contributed by atoms with E-state index in [1.165, 1.54) is 0 Å². The summed E-state index contributed by atoms with van der Waals surface area (Å²) in [6.07, 6.45) is 1.93. The van der Waals surface area contributed by atoms with E-state index in [-0.39, 0.29) is 26.9 Å². The molecule has 1 unspecified atom stereocenters. The normalized spacial score (nSPS) is 9.24. The lowest BCUT2D eigenvalue weighted by molar-refractivity contribution is -0.147. The van der Waals surface area contributed by atoms with Gasteiger partial charge in [0.1, 0.15) is 0 Å².